The third-order valence-electron chi connectivity index (χ3n) is 5.60. The van der Waals surface area contributed by atoms with Crippen LogP contribution >= 0.6 is 23.1 Å². The van der Waals surface area contributed by atoms with Gasteiger partial charge in [0.25, 0.3) is 5.56 Å². The molecule has 0 radical (unpaired) electrons. The highest BCUT2D eigenvalue weighted by Crippen LogP contribution is 2.34. The van der Waals surface area contributed by atoms with Gasteiger partial charge in [-0.05, 0) is 50.0 Å². The van der Waals surface area contributed by atoms with E-state index in [1.54, 1.807) is 11.3 Å². The first-order valence-electron chi connectivity index (χ1n) is 9.58. The van der Waals surface area contributed by atoms with Crippen molar-refractivity contribution in [3.05, 3.63) is 20.8 Å². The summed E-state index contributed by atoms with van der Waals surface area (Å²) in [4.78, 5) is 34.5. The lowest BCUT2D eigenvalue weighted by Crippen LogP contribution is -2.41. The van der Waals surface area contributed by atoms with Gasteiger partial charge in [-0.3, -0.25) is 9.59 Å². The number of aromatic nitrogens is 2. The van der Waals surface area contributed by atoms with Gasteiger partial charge in [0.05, 0.1) is 11.1 Å². The minimum Gasteiger partial charge on any atom is -0.352 e. The van der Waals surface area contributed by atoms with Crippen LogP contribution < -0.4 is 10.9 Å². The van der Waals surface area contributed by atoms with Crippen LogP contribution in [0.1, 0.15) is 55.9 Å². The second kappa shape index (κ2) is 7.72. The molecule has 2 aliphatic rings. The molecule has 2 aromatic heterocycles. The SMILES string of the molecule is CC1CCCCC1NC(=O)CSc1nc2sc3c(c2c(=O)[nH]1)CCCC3. The Morgan fingerprint density at radius 2 is 2.08 bits per heavy atom. The van der Waals surface area contributed by atoms with Crippen molar-refractivity contribution in [1.29, 1.82) is 0 Å². The fourth-order valence-corrected chi connectivity index (χ4v) is 6.12. The van der Waals surface area contributed by atoms with E-state index >= 15 is 0 Å². The molecule has 0 aromatic carbocycles. The van der Waals surface area contributed by atoms with Crippen molar-refractivity contribution >= 4 is 39.2 Å². The molecule has 1 amide bonds. The van der Waals surface area contributed by atoms with Crippen LogP contribution in [0.4, 0.5) is 0 Å². The van der Waals surface area contributed by atoms with E-state index in [4.69, 9.17) is 0 Å². The van der Waals surface area contributed by atoms with E-state index in [2.05, 4.69) is 22.2 Å². The molecule has 2 heterocycles. The van der Waals surface area contributed by atoms with Crippen LogP contribution in [0.2, 0.25) is 0 Å². The smallest absolute Gasteiger partial charge is 0.260 e. The molecule has 2 aromatic rings. The second-order valence-corrected chi connectivity index (χ2v) is 9.53. The van der Waals surface area contributed by atoms with E-state index in [9.17, 15) is 9.59 Å². The van der Waals surface area contributed by atoms with Gasteiger partial charge in [0, 0.05) is 10.9 Å². The zero-order chi connectivity index (χ0) is 18.1. The number of hydrogen-bond acceptors (Lipinski definition) is 5. The molecule has 2 aliphatic carbocycles. The number of H-pyrrole nitrogens is 1. The van der Waals surface area contributed by atoms with Gasteiger partial charge in [-0.25, -0.2) is 4.98 Å². The van der Waals surface area contributed by atoms with Crippen LogP contribution in [0.5, 0.6) is 0 Å². The number of thioether (sulfide) groups is 1. The van der Waals surface area contributed by atoms with Crippen molar-refractivity contribution in [2.24, 2.45) is 5.92 Å². The molecule has 140 valence electrons. The summed E-state index contributed by atoms with van der Waals surface area (Å²) in [5, 5.41) is 4.48. The van der Waals surface area contributed by atoms with Gasteiger partial charge in [-0.1, -0.05) is 31.5 Å². The summed E-state index contributed by atoms with van der Waals surface area (Å²) < 4.78 is 0. The zero-order valence-electron chi connectivity index (χ0n) is 15.1. The number of nitrogens with zero attached hydrogens (tertiary/aromatic N) is 1. The summed E-state index contributed by atoms with van der Waals surface area (Å²) in [7, 11) is 0. The normalized spacial score (nSPS) is 23.0. The van der Waals surface area contributed by atoms with Crippen LogP contribution in [-0.2, 0) is 17.6 Å². The Bertz CT molecular complexity index is 874. The molecular weight excluding hydrogens is 366 g/mol. The standard InChI is InChI=1S/C19H25N3O2S2/c1-11-6-2-4-8-13(11)20-15(23)10-25-19-21-17(24)16-12-7-3-5-9-14(12)26-18(16)22-19/h11,13H,2-10H2,1H3,(H,20,23)(H,21,22,24). The van der Waals surface area contributed by atoms with Gasteiger partial charge in [0.15, 0.2) is 5.16 Å². The molecule has 0 spiro atoms. The summed E-state index contributed by atoms with van der Waals surface area (Å²) >= 11 is 2.97. The molecule has 2 atom stereocenters. The second-order valence-electron chi connectivity index (χ2n) is 7.49. The predicted molar refractivity (Wildman–Crippen MR) is 107 cm³/mol. The number of thiophene rings is 1. The van der Waals surface area contributed by atoms with Gasteiger partial charge < -0.3 is 10.3 Å². The highest BCUT2D eigenvalue weighted by Gasteiger charge is 2.23. The van der Waals surface area contributed by atoms with Crippen molar-refractivity contribution in [1.82, 2.24) is 15.3 Å². The lowest BCUT2D eigenvalue weighted by Gasteiger charge is -2.29. The molecule has 0 aliphatic heterocycles. The van der Waals surface area contributed by atoms with E-state index in [-0.39, 0.29) is 17.5 Å². The van der Waals surface area contributed by atoms with Gasteiger partial charge in [0.2, 0.25) is 5.91 Å². The number of amides is 1. The van der Waals surface area contributed by atoms with Gasteiger partial charge in [-0.2, -0.15) is 0 Å². The highest BCUT2D eigenvalue weighted by molar-refractivity contribution is 7.99. The van der Waals surface area contributed by atoms with Crippen molar-refractivity contribution < 1.29 is 4.79 Å². The van der Waals surface area contributed by atoms with Crippen molar-refractivity contribution in [3.63, 3.8) is 0 Å². The van der Waals surface area contributed by atoms with Crippen LogP contribution in [0.25, 0.3) is 10.2 Å². The molecule has 1 fully saturated rings. The average molecular weight is 392 g/mol. The van der Waals surface area contributed by atoms with E-state index in [0.29, 0.717) is 16.8 Å². The number of hydrogen-bond donors (Lipinski definition) is 2. The van der Waals surface area contributed by atoms with E-state index in [1.807, 2.05) is 0 Å². The molecule has 7 heteroatoms. The quantitative estimate of drug-likeness (QED) is 0.616. The maximum atomic E-state index is 12.5. The van der Waals surface area contributed by atoms with Crippen LogP contribution in [0, 0.1) is 5.92 Å². The fourth-order valence-electron chi connectivity index (χ4n) is 4.13. The first kappa shape index (κ1) is 18.0. The van der Waals surface area contributed by atoms with Gasteiger partial charge in [0.1, 0.15) is 4.83 Å². The Morgan fingerprint density at radius 1 is 1.27 bits per heavy atom. The van der Waals surface area contributed by atoms with Gasteiger partial charge >= 0.3 is 0 Å². The third-order valence-corrected chi connectivity index (χ3v) is 7.66. The summed E-state index contributed by atoms with van der Waals surface area (Å²) in [6.45, 7) is 2.21. The maximum Gasteiger partial charge on any atom is 0.260 e. The molecule has 2 unspecified atom stereocenters. The molecule has 1 saturated carbocycles. The minimum atomic E-state index is -0.0572. The molecule has 5 nitrogen and oxygen atoms in total. The Morgan fingerprint density at radius 3 is 2.92 bits per heavy atom. The lowest BCUT2D eigenvalue weighted by atomic mass is 9.86. The third kappa shape index (κ3) is 3.69. The molecular formula is C19H25N3O2S2. The van der Waals surface area contributed by atoms with Crippen molar-refractivity contribution in [2.45, 2.75) is 69.5 Å². The average Bonchev–Trinajstić information content (AvgIpc) is 3.01. The Labute approximate surface area is 161 Å². The topological polar surface area (TPSA) is 74.8 Å². The van der Waals surface area contributed by atoms with Crippen LogP contribution in [-0.4, -0.2) is 27.7 Å². The highest BCUT2D eigenvalue weighted by atomic mass is 32.2. The van der Waals surface area contributed by atoms with Crippen LogP contribution in [0.3, 0.4) is 0 Å². The first-order valence-corrected chi connectivity index (χ1v) is 11.4. The molecule has 2 N–H and O–H groups in total. The number of nitrogens with one attached hydrogen (secondary N) is 2. The predicted octanol–water partition coefficient (Wildman–Crippen LogP) is 3.65. The largest absolute Gasteiger partial charge is 0.352 e. The Hall–Kier alpha value is -1.34. The number of carbonyl (C=O) groups excluding carboxylic acids is 1. The number of fused-ring (bicyclic) bond motifs is 3. The number of aromatic amines is 1. The molecule has 0 bridgehead atoms. The first-order chi connectivity index (χ1) is 12.6. The number of carbonyl (C=O) groups is 1. The summed E-state index contributed by atoms with van der Waals surface area (Å²) in [6, 6.07) is 0.287. The van der Waals surface area contributed by atoms with Gasteiger partial charge in [-0.15, -0.1) is 11.3 Å². The summed E-state index contributed by atoms with van der Waals surface area (Å²) in [5.74, 6) is 0.870. The lowest BCUT2D eigenvalue weighted by molar-refractivity contribution is -0.119. The van der Waals surface area contributed by atoms with Crippen molar-refractivity contribution in [3.8, 4) is 0 Å². The van der Waals surface area contributed by atoms with E-state index < -0.39 is 0 Å². The molecule has 4 rings (SSSR count). The fraction of sp³-hybridized carbons (Fsp3) is 0.632. The Balaban J connectivity index is 1.44. The molecule has 0 saturated heterocycles. The van der Waals surface area contributed by atoms with Crippen LogP contribution in [0.15, 0.2) is 9.95 Å². The van der Waals surface area contributed by atoms with E-state index in [1.165, 1.54) is 47.9 Å². The summed E-state index contributed by atoms with van der Waals surface area (Å²) in [6.07, 6.45) is 9.09. The number of rotatable bonds is 4. The monoisotopic (exact) mass is 391 g/mol. The zero-order valence-corrected chi connectivity index (χ0v) is 16.7. The molecule has 26 heavy (non-hydrogen) atoms. The minimum absolute atomic E-state index is 0.0296. The Kier molecular flexibility index (Phi) is 5.36. The van der Waals surface area contributed by atoms with Crippen molar-refractivity contribution in [2.75, 3.05) is 5.75 Å². The van der Waals surface area contributed by atoms with E-state index in [0.717, 1.165) is 35.9 Å². The maximum absolute atomic E-state index is 12.5. The number of aryl methyl sites for hydroxylation is 2. The summed E-state index contributed by atoms with van der Waals surface area (Å²) in [5.41, 5.74) is 1.14.